The highest BCUT2D eigenvalue weighted by molar-refractivity contribution is 7.99. The number of carbonyl (C=O) groups is 2. The topological polar surface area (TPSA) is 49.4 Å². The van der Waals surface area contributed by atoms with Crippen LogP contribution in [0.15, 0.2) is 0 Å². The molecule has 1 aliphatic carbocycles. The zero-order valence-electron chi connectivity index (χ0n) is 12.8. The minimum Gasteiger partial charge on any atom is -0.340 e. The van der Waals surface area contributed by atoms with Crippen molar-refractivity contribution in [2.75, 3.05) is 12.8 Å². The Balaban J connectivity index is 2.25. The summed E-state index contributed by atoms with van der Waals surface area (Å²) in [4.78, 5) is 26.9. The average Bonchev–Trinajstić information content (AvgIpc) is 2.49. The van der Waals surface area contributed by atoms with Crippen LogP contribution >= 0.6 is 11.8 Å². The number of carbonyl (C=O) groups excluding carboxylic acids is 2. The standard InChI is InChI=1S/C15H26N2O2S/c1-4-15(5-2)14(19)17(10-13(18)16-15)11-8-6-7-9-12(11)20-3/h11-12H,4-10H2,1-3H3,(H,16,18). The molecule has 2 unspecified atom stereocenters. The zero-order valence-corrected chi connectivity index (χ0v) is 13.6. The van der Waals surface area contributed by atoms with Crippen molar-refractivity contribution in [1.82, 2.24) is 10.2 Å². The number of rotatable bonds is 4. The van der Waals surface area contributed by atoms with E-state index in [4.69, 9.17) is 0 Å². The van der Waals surface area contributed by atoms with Crippen LogP contribution in [0.3, 0.4) is 0 Å². The Morgan fingerprint density at radius 1 is 1.25 bits per heavy atom. The third-order valence-electron chi connectivity index (χ3n) is 4.94. The molecule has 0 bridgehead atoms. The van der Waals surface area contributed by atoms with Gasteiger partial charge in [0.25, 0.3) is 0 Å². The zero-order chi connectivity index (χ0) is 14.8. The molecule has 0 spiro atoms. The average molecular weight is 298 g/mol. The summed E-state index contributed by atoms with van der Waals surface area (Å²) in [5.74, 6) is 0.131. The fourth-order valence-corrected chi connectivity index (χ4v) is 4.57. The van der Waals surface area contributed by atoms with Gasteiger partial charge in [-0.2, -0.15) is 11.8 Å². The van der Waals surface area contributed by atoms with Crippen molar-refractivity contribution in [2.24, 2.45) is 0 Å². The maximum Gasteiger partial charge on any atom is 0.249 e. The van der Waals surface area contributed by atoms with Crippen LogP contribution in [-0.2, 0) is 9.59 Å². The van der Waals surface area contributed by atoms with Gasteiger partial charge in [-0.05, 0) is 31.9 Å². The van der Waals surface area contributed by atoms with E-state index in [0.717, 1.165) is 12.8 Å². The monoisotopic (exact) mass is 298 g/mol. The lowest BCUT2D eigenvalue weighted by Gasteiger charge is -2.47. The van der Waals surface area contributed by atoms with E-state index in [9.17, 15) is 9.59 Å². The SMILES string of the molecule is CCC1(CC)NC(=O)CN(C2CCCCC2SC)C1=O. The Morgan fingerprint density at radius 3 is 2.50 bits per heavy atom. The van der Waals surface area contributed by atoms with E-state index in [-0.39, 0.29) is 24.4 Å². The van der Waals surface area contributed by atoms with Gasteiger partial charge in [0.1, 0.15) is 5.54 Å². The Labute approximate surface area is 126 Å². The fourth-order valence-electron chi connectivity index (χ4n) is 3.57. The van der Waals surface area contributed by atoms with E-state index in [2.05, 4.69) is 11.6 Å². The molecule has 0 aromatic heterocycles. The highest BCUT2D eigenvalue weighted by Crippen LogP contribution is 2.34. The fraction of sp³-hybridized carbons (Fsp3) is 0.867. The summed E-state index contributed by atoms with van der Waals surface area (Å²) in [5.41, 5.74) is -0.671. The first kappa shape index (κ1) is 15.7. The first-order valence-electron chi connectivity index (χ1n) is 7.72. The number of amides is 2. The Bertz CT molecular complexity index is 382. The molecule has 2 fully saturated rings. The molecule has 2 amide bonds. The van der Waals surface area contributed by atoms with Crippen LogP contribution in [0, 0.1) is 0 Å². The molecule has 1 aliphatic heterocycles. The molecule has 4 nitrogen and oxygen atoms in total. The second kappa shape index (κ2) is 6.37. The minimum absolute atomic E-state index is 0.00118. The first-order chi connectivity index (χ1) is 9.57. The highest BCUT2D eigenvalue weighted by Gasteiger charge is 2.47. The summed E-state index contributed by atoms with van der Waals surface area (Å²) < 4.78 is 0. The molecule has 2 rings (SSSR count). The van der Waals surface area contributed by atoms with Crippen LogP contribution in [0.2, 0.25) is 0 Å². The molecule has 20 heavy (non-hydrogen) atoms. The number of hydrogen-bond acceptors (Lipinski definition) is 3. The van der Waals surface area contributed by atoms with Crippen LogP contribution in [0.5, 0.6) is 0 Å². The molecular formula is C15H26N2O2S. The van der Waals surface area contributed by atoms with Gasteiger partial charge in [0, 0.05) is 11.3 Å². The molecule has 1 saturated heterocycles. The third-order valence-corrected chi connectivity index (χ3v) is 6.10. The molecule has 114 valence electrons. The molecule has 1 saturated carbocycles. The van der Waals surface area contributed by atoms with Gasteiger partial charge in [0.15, 0.2) is 0 Å². The Hall–Kier alpha value is -0.710. The second-order valence-corrected chi connectivity index (χ2v) is 6.97. The van der Waals surface area contributed by atoms with Crippen molar-refractivity contribution in [3.8, 4) is 0 Å². The molecule has 5 heteroatoms. The van der Waals surface area contributed by atoms with Gasteiger partial charge in [-0.15, -0.1) is 0 Å². The van der Waals surface area contributed by atoms with E-state index in [0.29, 0.717) is 18.1 Å². The quantitative estimate of drug-likeness (QED) is 0.865. The van der Waals surface area contributed by atoms with E-state index in [1.807, 2.05) is 30.5 Å². The van der Waals surface area contributed by atoms with Gasteiger partial charge in [0.2, 0.25) is 11.8 Å². The minimum atomic E-state index is -0.671. The maximum absolute atomic E-state index is 12.9. The number of piperazine rings is 1. The summed E-state index contributed by atoms with van der Waals surface area (Å²) in [6, 6.07) is 0.231. The normalized spacial score (nSPS) is 30.2. The Morgan fingerprint density at radius 2 is 1.90 bits per heavy atom. The lowest BCUT2D eigenvalue weighted by atomic mass is 9.86. The van der Waals surface area contributed by atoms with Crippen LogP contribution in [0.4, 0.5) is 0 Å². The van der Waals surface area contributed by atoms with Crippen LogP contribution in [0.1, 0.15) is 52.4 Å². The molecule has 0 radical (unpaired) electrons. The van der Waals surface area contributed by atoms with Crippen LogP contribution in [0.25, 0.3) is 0 Å². The predicted molar refractivity (Wildman–Crippen MR) is 82.7 cm³/mol. The second-order valence-electron chi connectivity index (χ2n) is 5.90. The van der Waals surface area contributed by atoms with Gasteiger partial charge < -0.3 is 10.2 Å². The molecule has 1 heterocycles. The van der Waals surface area contributed by atoms with Crippen molar-refractivity contribution in [3.63, 3.8) is 0 Å². The molecule has 2 atom stereocenters. The summed E-state index contributed by atoms with van der Waals surface area (Å²) in [6.07, 6.45) is 8.05. The number of hydrogen-bond donors (Lipinski definition) is 1. The van der Waals surface area contributed by atoms with E-state index >= 15 is 0 Å². The van der Waals surface area contributed by atoms with Crippen LogP contribution < -0.4 is 5.32 Å². The van der Waals surface area contributed by atoms with Crippen molar-refractivity contribution in [2.45, 2.75) is 69.2 Å². The number of nitrogens with one attached hydrogen (secondary N) is 1. The number of nitrogens with zero attached hydrogens (tertiary/aromatic N) is 1. The summed E-state index contributed by atoms with van der Waals surface area (Å²) in [5, 5.41) is 3.42. The summed E-state index contributed by atoms with van der Waals surface area (Å²) >= 11 is 1.84. The van der Waals surface area contributed by atoms with Crippen molar-refractivity contribution in [3.05, 3.63) is 0 Å². The maximum atomic E-state index is 12.9. The third kappa shape index (κ3) is 2.69. The first-order valence-corrected chi connectivity index (χ1v) is 9.01. The van der Waals surface area contributed by atoms with Gasteiger partial charge in [-0.25, -0.2) is 0 Å². The van der Waals surface area contributed by atoms with Crippen molar-refractivity contribution >= 4 is 23.6 Å². The van der Waals surface area contributed by atoms with E-state index in [1.54, 1.807) is 0 Å². The molecule has 0 aromatic carbocycles. The number of thioether (sulfide) groups is 1. The van der Waals surface area contributed by atoms with Crippen molar-refractivity contribution < 1.29 is 9.59 Å². The van der Waals surface area contributed by atoms with Crippen LogP contribution in [-0.4, -0.2) is 46.3 Å². The Kier molecular flexibility index (Phi) is 4.99. The van der Waals surface area contributed by atoms with Gasteiger partial charge in [0.05, 0.1) is 6.54 Å². The summed E-state index contributed by atoms with van der Waals surface area (Å²) in [6.45, 7) is 4.21. The smallest absolute Gasteiger partial charge is 0.249 e. The lowest BCUT2D eigenvalue weighted by Crippen LogP contribution is -2.69. The predicted octanol–water partition coefficient (Wildman–Crippen LogP) is 2.18. The lowest BCUT2D eigenvalue weighted by molar-refractivity contribution is -0.153. The molecule has 2 aliphatic rings. The van der Waals surface area contributed by atoms with E-state index in [1.165, 1.54) is 12.8 Å². The molecule has 1 N–H and O–H groups in total. The van der Waals surface area contributed by atoms with Gasteiger partial charge >= 0.3 is 0 Å². The summed E-state index contributed by atoms with van der Waals surface area (Å²) in [7, 11) is 0. The molecular weight excluding hydrogens is 272 g/mol. The van der Waals surface area contributed by atoms with Gasteiger partial charge in [-0.1, -0.05) is 26.7 Å². The van der Waals surface area contributed by atoms with E-state index < -0.39 is 5.54 Å². The van der Waals surface area contributed by atoms with Gasteiger partial charge in [-0.3, -0.25) is 9.59 Å². The van der Waals surface area contributed by atoms with Crippen molar-refractivity contribution in [1.29, 1.82) is 0 Å². The largest absolute Gasteiger partial charge is 0.340 e. The molecule has 0 aromatic rings. The highest BCUT2D eigenvalue weighted by atomic mass is 32.2.